The molecule has 9 nitrogen and oxygen atoms in total. The van der Waals surface area contributed by atoms with Gasteiger partial charge in [0.15, 0.2) is 0 Å². The number of halogens is 2. The molecule has 1 aliphatic heterocycles. The van der Waals surface area contributed by atoms with E-state index in [4.69, 9.17) is 42.4 Å². The molecule has 0 spiro atoms. The van der Waals surface area contributed by atoms with Crippen molar-refractivity contribution in [1.82, 2.24) is 10.3 Å². The number of carbonyl (C=O) groups is 2. The summed E-state index contributed by atoms with van der Waals surface area (Å²) in [5, 5.41) is 9.48. The number of carbonyl (C=O) groups excluding carboxylic acids is 2. The number of aromatic nitrogens is 1. The first-order valence-corrected chi connectivity index (χ1v) is 18.0. The fourth-order valence-electron chi connectivity index (χ4n) is 6.79. The quantitative estimate of drug-likeness (QED) is 0.116. The van der Waals surface area contributed by atoms with Gasteiger partial charge in [-0.05, 0) is 94.3 Å². The number of aliphatic imine (C=N–C) groups is 1. The van der Waals surface area contributed by atoms with Crippen LogP contribution in [0.1, 0.15) is 68.7 Å². The number of esters is 2. The van der Waals surface area contributed by atoms with Crippen LogP contribution >= 0.6 is 23.2 Å². The van der Waals surface area contributed by atoms with Crippen molar-refractivity contribution in [3.8, 4) is 0 Å². The molecule has 0 fully saturated rings. The first kappa shape index (κ1) is 36.8. The van der Waals surface area contributed by atoms with E-state index in [2.05, 4.69) is 21.7 Å². The minimum absolute atomic E-state index is 0.0906. The van der Waals surface area contributed by atoms with E-state index in [9.17, 15) is 9.59 Å². The first-order chi connectivity index (χ1) is 23.8. The van der Waals surface area contributed by atoms with Crippen molar-refractivity contribution in [3.63, 3.8) is 0 Å². The van der Waals surface area contributed by atoms with Gasteiger partial charge >= 0.3 is 11.9 Å². The highest BCUT2D eigenvalue weighted by atomic mass is 35.5. The summed E-state index contributed by atoms with van der Waals surface area (Å²) in [6.07, 6.45) is 7.68. The number of anilines is 1. The Morgan fingerprint density at radius 2 is 1.80 bits per heavy atom. The van der Waals surface area contributed by atoms with Gasteiger partial charge in [-0.1, -0.05) is 47.8 Å². The van der Waals surface area contributed by atoms with Crippen molar-refractivity contribution in [2.24, 2.45) is 10.9 Å². The lowest BCUT2D eigenvalue weighted by Crippen LogP contribution is -2.37. The fourth-order valence-corrected chi connectivity index (χ4v) is 7.21. The summed E-state index contributed by atoms with van der Waals surface area (Å²) in [5.74, 6) is -2.59. The molecule has 11 heteroatoms. The first-order valence-electron chi connectivity index (χ1n) is 17.2. The van der Waals surface area contributed by atoms with Crippen molar-refractivity contribution >= 4 is 57.4 Å². The topological polar surface area (TPSA) is 111 Å². The summed E-state index contributed by atoms with van der Waals surface area (Å²) in [4.78, 5) is 35.9. The molecule has 1 aliphatic carbocycles. The number of hydrogen-bond donors (Lipinski definition) is 2. The Morgan fingerprint density at radius 3 is 2.59 bits per heavy atom. The van der Waals surface area contributed by atoms with E-state index in [1.165, 1.54) is 36.9 Å². The Morgan fingerprint density at radius 1 is 1.00 bits per heavy atom. The maximum Gasteiger partial charge on any atom is 0.336 e. The molecule has 2 heterocycles. The van der Waals surface area contributed by atoms with Crippen LogP contribution in [0.3, 0.4) is 0 Å². The Balaban J connectivity index is 1.11. The Bertz CT molecular complexity index is 1710. The van der Waals surface area contributed by atoms with Crippen molar-refractivity contribution in [1.29, 1.82) is 0 Å². The summed E-state index contributed by atoms with van der Waals surface area (Å²) in [7, 11) is 1.32. The van der Waals surface area contributed by atoms with Gasteiger partial charge in [-0.15, -0.1) is 0 Å². The van der Waals surface area contributed by atoms with E-state index in [0.29, 0.717) is 40.2 Å². The van der Waals surface area contributed by atoms with Crippen molar-refractivity contribution in [3.05, 3.63) is 80.6 Å². The van der Waals surface area contributed by atoms with Crippen molar-refractivity contribution in [2.45, 2.75) is 64.7 Å². The van der Waals surface area contributed by atoms with Crippen LogP contribution in [0.2, 0.25) is 10.0 Å². The minimum Gasteiger partial charge on any atom is -0.468 e. The lowest BCUT2D eigenvalue weighted by Gasteiger charge is -2.32. The molecule has 2 aromatic carbocycles. The smallest absolute Gasteiger partial charge is 0.336 e. The monoisotopic (exact) mass is 708 g/mol. The minimum atomic E-state index is -0.821. The summed E-state index contributed by atoms with van der Waals surface area (Å²) >= 11 is 12.9. The van der Waals surface area contributed by atoms with Crippen LogP contribution < -0.4 is 10.6 Å². The third kappa shape index (κ3) is 9.00. The van der Waals surface area contributed by atoms with E-state index in [1.54, 1.807) is 26.0 Å². The molecule has 3 aromatic rings. The zero-order chi connectivity index (χ0) is 34.8. The van der Waals surface area contributed by atoms with Crippen LogP contribution in [-0.2, 0) is 36.6 Å². The number of pyridine rings is 1. The lowest BCUT2D eigenvalue weighted by molar-refractivity contribution is -0.144. The number of methoxy groups -OCH3 is 1. The second-order valence-electron chi connectivity index (χ2n) is 12.4. The molecule has 49 heavy (non-hydrogen) atoms. The summed E-state index contributed by atoms with van der Waals surface area (Å²) < 4.78 is 16.5. The number of unbranched alkanes of at least 4 members (excludes halogenated alkanes) is 2. The summed E-state index contributed by atoms with van der Waals surface area (Å²) in [6, 6.07) is 13.2. The molecule has 2 aliphatic rings. The average molecular weight is 710 g/mol. The zero-order valence-electron chi connectivity index (χ0n) is 28.6. The van der Waals surface area contributed by atoms with Crippen LogP contribution in [0.25, 0.3) is 10.9 Å². The second kappa shape index (κ2) is 17.9. The molecule has 1 aromatic heterocycles. The average Bonchev–Trinajstić information content (AvgIpc) is 3.09. The number of aryl methyl sites for hydroxylation is 1. The highest BCUT2D eigenvalue weighted by Gasteiger charge is 2.43. The molecular weight excluding hydrogens is 663 g/mol. The van der Waals surface area contributed by atoms with Crippen molar-refractivity contribution < 1.29 is 23.8 Å². The number of benzene rings is 2. The van der Waals surface area contributed by atoms with E-state index >= 15 is 0 Å². The van der Waals surface area contributed by atoms with Crippen LogP contribution in [0.15, 0.2) is 58.7 Å². The van der Waals surface area contributed by atoms with E-state index < -0.39 is 23.8 Å². The number of hydrogen-bond acceptors (Lipinski definition) is 9. The van der Waals surface area contributed by atoms with E-state index in [-0.39, 0.29) is 18.8 Å². The molecule has 0 saturated heterocycles. The van der Waals surface area contributed by atoms with Gasteiger partial charge in [0.05, 0.1) is 43.7 Å². The third-order valence-corrected chi connectivity index (χ3v) is 9.71. The fraction of sp³-hybridized carbons (Fsp3) is 0.474. The molecular formula is C38H46Cl2N4O5. The third-order valence-electron chi connectivity index (χ3n) is 9.13. The van der Waals surface area contributed by atoms with Crippen LogP contribution in [0.4, 0.5) is 5.69 Å². The Hall–Kier alpha value is -3.50. The molecule has 0 saturated carbocycles. The predicted molar refractivity (Wildman–Crippen MR) is 196 cm³/mol. The molecule has 0 bridgehead atoms. The van der Waals surface area contributed by atoms with E-state index in [0.717, 1.165) is 56.1 Å². The van der Waals surface area contributed by atoms with Crippen molar-refractivity contribution in [2.75, 3.05) is 51.9 Å². The molecule has 0 amide bonds. The predicted octanol–water partition coefficient (Wildman–Crippen LogP) is 7.47. The largest absolute Gasteiger partial charge is 0.468 e. The zero-order valence-corrected chi connectivity index (χ0v) is 30.1. The number of fused-ring (bicyclic) bond motifs is 2. The Labute approximate surface area is 298 Å². The normalized spacial score (nSPS) is 17.4. The van der Waals surface area contributed by atoms with E-state index in [1.807, 2.05) is 24.3 Å². The standard InChI is InChI=1S/C38H46Cl2N4O5/c1-4-49-38(46)35-32(43-24(2)33(37(45)47-3)34(35)26-12-6-8-14-29(26)40)23-48-21-20-41-18-10-5-11-19-42-36-27-13-7-9-15-30(27)44-31-22-25(39)16-17-28(31)36/h6,8,12,14,16-17,22,33-34,41H,4-5,7,9-11,13,15,18-21,23H2,1-3H3,(H,42,44). The molecule has 2 N–H and O–H groups in total. The van der Waals surface area contributed by atoms with Gasteiger partial charge in [-0.25, -0.2) is 4.79 Å². The molecule has 262 valence electrons. The van der Waals surface area contributed by atoms with Crippen LogP contribution in [-0.4, -0.2) is 69.2 Å². The highest BCUT2D eigenvalue weighted by Crippen LogP contribution is 2.42. The maximum atomic E-state index is 13.3. The summed E-state index contributed by atoms with van der Waals surface area (Å²) in [5.41, 5.74) is 6.61. The molecule has 0 radical (unpaired) electrons. The van der Waals surface area contributed by atoms with Gasteiger partial charge in [0.2, 0.25) is 0 Å². The molecule has 2 atom stereocenters. The molecule has 2 unspecified atom stereocenters. The SMILES string of the molecule is CCOC(=O)C1=C(COCCNCCCCCNc2c3c(nc4cc(Cl)ccc24)CCCC3)N=C(C)C(C(=O)OC)C1c1ccccc1Cl. The molecule has 5 rings (SSSR count). The summed E-state index contributed by atoms with van der Waals surface area (Å²) in [6.45, 7) is 6.62. The number of rotatable bonds is 16. The highest BCUT2D eigenvalue weighted by molar-refractivity contribution is 6.32. The van der Waals surface area contributed by atoms with Gasteiger partial charge in [0, 0.05) is 51.5 Å². The van der Waals surface area contributed by atoms with Gasteiger partial charge < -0.3 is 24.8 Å². The second-order valence-corrected chi connectivity index (χ2v) is 13.2. The number of nitrogens with zero attached hydrogens (tertiary/aromatic N) is 2. The Kier molecular flexibility index (Phi) is 13.5. The maximum absolute atomic E-state index is 13.3. The van der Waals surface area contributed by atoms with Crippen LogP contribution in [0, 0.1) is 5.92 Å². The number of ether oxygens (including phenoxy) is 3. The van der Waals surface area contributed by atoms with Gasteiger partial charge in [-0.2, -0.15) is 0 Å². The van der Waals surface area contributed by atoms with Crippen LogP contribution in [0.5, 0.6) is 0 Å². The lowest BCUT2D eigenvalue weighted by atomic mass is 9.75. The number of nitrogens with one attached hydrogen (secondary N) is 2. The van der Waals surface area contributed by atoms with Gasteiger partial charge in [0.1, 0.15) is 5.92 Å². The van der Waals surface area contributed by atoms with Gasteiger partial charge in [-0.3, -0.25) is 14.8 Å². The van der Waals surface area contributed by atoms with Gasteiger partial charge in [0.25, 0.3) is 0 Å².